The fourth-order valence-corrected chi connectivity index (χ4v) is 5.72. The Kier molecular flexibility index (Phi) is 2.92. The average molecular weight is 274 g/mol. The largest absolute Gasteiger partial charge is 0.327 e. The molecular formula is C16H26N4. The van der Waals surface area contributed by atoms with E-state index >= 15 is 0 Å². The number of nitrogens with two attached hydrogens (primary N) is 1. The van der Waals surface area contributed by atoms with Crippen LogP contribution >= 0.6 is 0 Å². The summed E-state index contributed by atoms with van der Waals surface area (Å²) in [5, 5.41) is 7.17. The molecular weight excluding hydrogens is 248 g/mol. The van der Waals surface area contributed by atoms with E-state index in [4.69, 9.17) is 5.73 Å². The molecule has 1 heterocycles. The highest BCUT2D eigenvalue weighted by atomic mass is 15.2. The molecule has 4 saturated carbocycles. The molecule has 5 rings (SSSR count). The van der Waals surface area contributed by atoms with Crippen LogP contribution < -0.4 is 5.73 Å². The van der Waals surface area contributed by atoms with Gasteiger partial charge in [-0.15, -0.1) is 0 Å². The minimum absolute atomic E-state index is 0.342. The van der Waals surface area contributed by atoms with Crippen LogP contribution in [0.25, 0.3) is 0 Å². The second kappa shape index (κ2) is 4.55. The molecule has 4 nitrogen and oxygen atoms in total. The Morgan fingerprint density at radius 3 is 2.30 bits per heavy atom. The topological polar surface area (TPSA) is 67.6 Å². The first kappa shape index (κ1) is 12.8. The highest BCUT2D eigenvalue weighted by Gasteiger charge is 2.53. The number of aromatic amines is 1. The fraction of sp³-hybridized carbons (Fsp3) is 0.875. The molecule has 1 unspecified atom stereocenters. The molecule has 1 aromatic heterocycles. The molecule has 4 aliphatic carbocycles. The van der Waals surface area contributed by atoms with Crippen molar-refractivity contribution in [2.24, 2.45) is 28.9 Å². The second-order valence-electron chi connectivity index (χ2n) is 7.76. The Labute approximate surface area is 120 Å². The molecule has 20 heavy (non-hydrogen) atoms. The van der Waals surface area contributed by atoms with Gasteiger partial charge in [0.1, 0.15) is 5.82 Å². The molecule has 0 spiro atoms. The van der Waals surface area contributed by atoms with Gasteiger partial charge in [-0.25, -0.2) is 4.98 Å². The van der Waals surface area contributed by atoms with Gasteiger partial charge in [-0.3, -0.25) is 5.10 Å². The lowest BCUT2D eigenvalue weighted by Crippen LogP contribution is -2.54. The number of nitrogens with zero attached hydrogens (tertiary/aromatic N) is 2. The zero-order chi connectivity index (χ0) is 13.7. The van der Waals surface area contributed by atoms with E-state index in [9.17, 15) is 0 Å². The maximum absolute atomic E-state index is 6.66. The first-order valence-electron chi connectivity index (χ1n) is 8.26. The summed E-state index contributed by atoms with van der Waals surface area (Å²) < 4.78 is 0. The summed E-state index contributed by atoms with van der Waals surface area (Å²) in [6.45, 7) is 1.95. The van der Waals surface area contributed by atoms with E-state index in [1.54, 1.807) is 0 Å². The highest BCUT2D eigenvalue weighted by Crippen LogP contribution is 2.61. The van der Waals surface area contributed by atoms with E-state index in [0.29, 0.717) is 11.5 Å². The first-order valence-corrected chi connectivity index (χ1v) is 8.26. The number of rotatable bonds is 4. The normalized spacial score (nSPS) is 40.2. The van der Waals surface area contributed by atoms with Crippen molar-refractivity contribution in [3.05, 3.63) is 11.6 Å². The summed E-state index contributed by atoms with van der Waals surface area (Å²) >= 11 is 0. The van der Waals surface area contributed by atoms with Gasteiger partial charge in [0.25, 0.3) is 0 Å². The molecule has 0 amide bonds. The quantitative estimate of drug-likeness (QED) is 0.886. The smallest absolute Gasteiger partial charge is 0.150 e. The molecule has 0 aromatic carbocycles. The summed E-state index contributed by atoms with van der Waals surface area (Å²) in [5.74, 6) is 4.79. The maximum Gasteiger partial charge on any atom is 0.150 e. The van der Waals surface area contributed by atoms with Crippen LogP contribution in [-0.2, 0) is 6.42 Å². The number of nitrogens with one attached hydrogen (secondary N) is 1. The highest BCUT2D eigenvalue weighted by molar-refractivity contribution is 5.06. The molecule has 4 aliphatic rings. The number of aromatic nitrogens is 3. The lowest BCUT2D eigenvalue weighted by Gasteiger charge is -2.59. The van der Waals surface area contributed by atoms with Gasteiger partial charge in [0.2, 0.25) is 0 Å². The van der Waals surface area contributed by atoms with E-state index in [0.717, 1.165) is 42.2 Å². The molecule has 0 saturated heterocycles. The van der Waals surface area contributed by atoms with E-state index in [1.165, 1.54) is 38.5 Å². The first-order chi connectivity index (χ1) is 9.63. The molecule has 0 radical (unpaired) electrons. The van der Waals surface area contributed by atoms with Gasteiger partial charge in [-0.05, 0) is 75.0 Å². The lowest BCUT2D eigenvalue weighted by molar-refractivity contribution is -0.0681. The second-order valence-corrected chi connectivity index (χ2v) is 7.76. The van der Waals surface area contributed by atoms with Crippen LogP contribution in [0.5, 0.6) is 0 Å². The van der Waals surface area contributed by atoms with Crippen molar-refractivity contribution < 1.29 is 0 Å². The number of H-pyrrole nitrogens is 1. The van der Waals surface area contributed by atoms with Crippen LogP contribution in [-0.4, -0.2) is 21.2 Å². The summed E-state index contributed by atoms with van der Waals surface area (Å²) in [4.78, 5) is 4.41. The van der Waals surface area contributed by atoms with Gasteiger partial charge >= 0.3 is 0 Å². The Bertz CT molecular complexity index is 457. The summed E-state index contributed by atoms with van der Waals surface area (Å²) in [6, 6.07) is 0.342. The molecule has 110 valence electrons. The molecule has 4 heteroatoms. The van der Waals surface area contributed by atoms with Crippen molar-refractivity contribution in [2.45, 2.75) is 64.3 Å². The monoisotopic (exact) mass is 274 g/mol. The number of hydrogen-bond acceptors (Lipinski definition) is 3. The van der Waals surface area contributed by atoms with Crippen molar-refractivity contribution in [3.63, 3.8) is 0 Å². The van der Waals surface area contributed by atoms with Crippen molar-refractivity contribution in [2.75, 3.05) is 0 Å². The zero-order valence-electron chi connectivity index (χ0n) is 12.4. The third-order valence-electron chi connectivity index (χ3n) is 6.19. The summed E-state index contributed by atoms with van der Waals surface area (Å²) in [7, 11) is 0. The summed E-state index contributed by atoms with van der Waals surface area (Å²) in [5.41, 5.74) is 7.12. The minimum Gasteiger partial charge on any atom is -0.327 e. The minimum atomic E-state index is 0.342. The molecule has 1 aromatic rings. The molecule has 4 bridgehead atoms. The van der Waals surface area contributed by atoms with Crippen molar-refractivity contribution in [1.82, 2.24) is 15.2 Å². The van der Waals surface area contributed by atoms with Gasteiger partial charge in [0.15, 0.2) is 5.82 Å². The van der Waals surface area contributed by atoms with Gasteiger partial charge in [0, 0.05) is 12.5 Å². The van der Waals surface area contributed by atoms with Crippen LogP contribution in [0.1, 0.15) is 56.6 Å². The zero-order valence-corrected chi connectivity index (χ0v) is 12.4. The Balaban J connectivity index is 1.44. The molecule has 3 N–H and O–H groups in total. The van der Waals surface area contributed by atoms with Gasteiger partial charge in [-0.1, -0.05) is 0 Å². The third-order valence-corrected chi connectivity index (χ3v) is 6.19. The van der Waals surface area contributed by atoms with Gasteiger partial charge in [-0.2, -0.15) is 5.10 Å². The van der Waals surface area contributed by atoms with Crippen molar-refractivity contribution in [3.8, 4) is 0 Å². The van der Waals surface area contributed by atoms with Crippen LogP contribution in [0.3, 0.4) is 0 Å². The average Bonchev–Trinajstić information content (AvgIpc) is 2.80. The fourth-order valence-electron chi connectivity index (χ4n) is 5.72. The Morgan fingerprint density at radius 2 is 1.80 bits per heavy atom. The molecule has 1 atom stereocenters. The predicted octanol–water partition coefficient (Wildman–Crippen LogP) is 2.59. The van der Waals surface area contributed by atoms with E-state index in [1.807, 2.05) is 6.92 Å². The van der Waals surface area contributed by atoms with Crippen molar-refractivity contribution in [1.29, 1.82) is 0 Å². The van der Waals surface area contributed by atoms with Gasteiger partial charge in [0.05, 0.1) is 0 Å². The van der Waals surface area contributed by atoms with E-state index in [2.05, 4.69) is 15.2 Å². The van der Waals surface area contributed by atoms with E-state index < -0.39 is 0 Å². The lowest BCUT2D eigenvalue weighted by atomic mass is 9.47. The van der Waals surface area contributed by atoms with Crippen LogP contribution in [0.4, 0.5) is 0 Å². The summed E-state index contributed by atoms with van der Waals surface area (Å²) in [6.07, 6.45) is 10.6. The van der Waals surface area contributed by atoms with Gasteiger partial charge < -0.3 is 5.73 Å². The SMILES string of the molecule is Cc1nc(CCC(N)C23CC4CC(CC(C4)C2)C3)n[nH]1. The number of aryl methyl sites for hydroxylation is 2. The Morgan fingerprint density at radius 1 is 1.20 bits per heavy atom. The predicted molar refractivity (Wildman–Crippen MR) is 78.0 cm³/mol. The standard InChI is InChI=1S/C16H26N4/c1-10-18-15(20-19-10)3-2-14(17)16-7-11-4-12(8-16)6-13(5-11)9-16/h11-14H,2-9,17H2,1H3,(H,18,19,20). The van der Waals surface area contributed by atoms with Crippen LogP contribution in [0.2, 0.25) is 0 Å². The maximum atomic E-state index is 6.66. The molecule has 4 fully saturated rings. The van der Waals surface area contributed by atoms with Crippen molar-refractivity contribution >= 4 is 0 Å². The van der Waals surface area contributed by atoms with Crippen LogP contribution in [0, 0.1) is 30.1 Å². The van der Waals surface area contributed by atoms with E-state index in [-0.39, 0.29) is 0 Å². The number of hydrogen-bond donors (Lipinski definition) is 2. The third kappa shape index (κ3) is 2.09. The van der Waals surface area contributed by atoms with Crippen LogP contribution in [0.15, 0.2) is 0 Å². The Hall–Kier alpha value is -0.900. The molecule has 0 aliphatic heterocycles.